The summed E-state index contributed by atoms with van der Waals surface area (Å²) in [5.41, 5.74) is 0. The van der Waals surface area contributed by atoms with E-state index in [9.17, 15) is 4.79 Å². The molecule has 0 spiro atoms. The van der Waals surface area contributed by atoms with Gasteiger partial charge in [-0.25, -0.2) is 0 Å². The number of thioether (sulfide) groups is 1. The van der Waals surface area contributed by atoms with Gasteiger partial charge in [-0.15, -0.1) is 0 Å². The second-order valence-corrected chi connectivity index (χ2v) is 6.41. The van der Waals surface area contributed by atoms with Crippen molar-refractivity contribution in [3.63, 3.8) is 0 Å². The summed E-state index contributed by atoms with van der Waals surface area (Å²) in [6, 6.07) is 0. The smallest absolute Gasteiger partial charge is 0.192 e. The maximum Gasteiger partial charge on any atom is 0.192 e. The van der Waals surface area contributed by atoms with Crippen LogP contribution >= 0.6 is 11.8 Å². The van der Waals surface area contributed by atoms with Crippen molar-refractivity contribution >= 4 is 16.9 Å². The van der Waals surface area contributed by atoms with Gasteiger partial charge in [-0.3, -0.25) is 4.79 Å². The number of hydrogen-bond donors (Lipinski definition) is 0. The number of methoxy groups -OCH3 is 2. The normalized spacial score (nSPS) is 51.6. The second-order valence-electron chi connectivity index (χ2n) is 5.60. The van der Waals surface area contributed by atoms with E-state index in [2.05, 4.69) is 0 Å². The predicted molar refractivity (Wildman–Crippen MR) is 69.3 cm³/mol. The Hall–Kier alpha value is -0.140. The van der Waals surface area contributed by atoms with Crippen molar-refractivity contribution in [2.24, 2.45) is 23.7 Å². The molecule has 3 aliphatic rings. The molecule has 0 aromatic carbocycles. The standard InChI is InChI=1S/C13H20O5S/c1-13-9-7(12(16-3)18-13)5-6(11(15-2)17-13)8(9)10(14)19-4/h6-9,11-12H,5H2,1-4H3/t6?,7?,8-,9?,11-,12+,13?/m0/s1. The SMILES string of the molecule is CO[C@@H]1OC2(C)O[C@H](OC)C3CC1C2[C@H]3C(=O)SC. The fraction of sp³-hybridized carbons (Fsp3) is 0.923. The maximum absolute atomic E-state index is 12.3. The number of fused-ring (bicyclic) bond motifs is 1. The zero-order valence-electron chi connectivity index (χ0n) is 11.6. The lowest BCUT2D eigenvalue weighted by Gasteiger charge is -2.43. The largest absolute Gasteiger partial charge is 0.355 e. The Balaban J connectivity index is 1.99. The molecule has 2 heterocycles. The monoisotopic (exact) mass is 288 g/mol. The lowest BCUT2D eigenvalue weighted by atomic mass is 9.81. The first-order chi connectivity index (χ1) is 9.05. The molecule has 0 aromatic heterocycles. The van der Waals surface area contributed by atoms with E-state index < -0.39 is 5.79 Å². The molecule has 4 unspecified atom stereocenters. The van der Waals surface area contributed by atoms with Crippen LogP contribution in [0.4, 0.5) is 0 Å². The second kappa shape index (κ2) is 4.70. The highest BCUT2D eigenvalue weighted by molar-refractivity contribution is 8.13. The van der Waals surface area contributed by atoms with Gasteiger partial charge in [-0.1, -0.05) is 11.8 Å². The minimum absolute atomic E-state index is 0.0637. The molecule has 0 N–H and O–H groups in total. The van der Waals surface area contributed by atoms with E-state index >= 15 is 0 Å². The number of carbonyl (C=O) groups excluding carboxylic acids is 1. The molecular weight excluding hydrogens is 268 g/mol. The summed E-state index contributed by atoms with van der Waals surface area (Å²) >= 11 is 1.28. The average molecular weight is 288 g/mol. The molecule has 0 amide bonds. The average Bonchev–Trinajstić information content (AvgIpc) is 2.89. The van der Waals surface area contributed by atoms with E-state index in [4.69, 9.17) is 18.9 Å². The van der Waals surface area contributed by atoms with Gasteiger partial charge in [0.15, 0.2) is 23.5 Å². The van der Waals surface area contributed by atoms with E-state index in [0.717, 1.165) is 6.42 Å². The molecule has 0 radical (unpaired) electrons. The summed E-state index contributed by atoms with van der Waals surface area (Å²) in [7, 11) is 3.26. The molecule has 6 heteroatoms. The van der Waals surface area contributed by atoms with E-state index in [1.54, 1.807) is 14.2 Å². The van der Waals surface area contributed by atoms with Crippen molar-refractivity contribution in [2.75, 3.05) is 20.5 Å². The lowest BCUT2D eigenvalue weighted by molar-refractivity contribution is -0.359. The van der Waals surface area contributed by atoms with Gasteiger partial charge >= 0.3 is 0 Å². The lowest BCUT2D eigenvalue weighted by Crippen LogP contribution is -2.52. The van der Waals surface area contributed by atoms with Crippen LogP contribution in [0.3, 0.4) is 0 Å². The summed E-state index contributed by atoms with van der Waals surface area (Å²) in [5, 5.41) is 0.203. The van der Waals surface area contributed by atoms with Gasteiger partial charge in [0, 0.05) is 37.9 Å². The fourth-order valence-electron chi connectivity index (χ4n) is 4.14. The summed E-state index contributed by atoms with van der Waals surface area (Å²) < 4.78 is 22.7. The molecule has 5 nitrogen and oxygen atoms in total. The van der Waals surface area contributed by atoms with Crippen LogP contribution in [0.5, 0.6) is 0 Å². The molecule has 2 bridgehead atoms. The van der Waals surface area contributed by atoms with Crippen LogP contribution in [0.15, 0.2) is 0 Å². The van der Waals surface area contributed by atoms with E-state index in [1.165, 1.54) is 11.8 Å². The first kappa shape index (κ1) is 13.8. The van der Waals surface area contributed by atoms with Crippen LogP contribution < -0.4 is 0 Å². The zero-order valence-corrected chi connectivity index (χ0v) is 12.4. The van der Waals surface area contributed by atoms with Crippen molar-refractivity contribution in [1.29, 1.82) is 0 Å². The number of hydrogen-bond acceptors (Lipinski definition) is 6. The summed E-state index contributed by atoms with van der Waals surface area (Å²) in [4.78, 5) is 12.3. The van der Waals surface area contributed by atoms with Crippen LogP contribution in [0.1, 0.15) is 13.3 Å². The number of rotatable bonds is 3. The van der Waals surface area contributed by atoms with Gasteiger partial charge in [0.2, 0.25) is 0 Å². The Morgan fingerprint density at radius 1 is 1.21 bits per heavy atom. The van der Waals surface area contributed by atoms with Crippen LogP contribution in [0, 0.1) is 23.7 Å². The van der Waals surface area contributed by atoms with Crippen molar-refractivity contribution in [1.82, 2.24) is 0 Å². The van der Waals surface area contributed by atoms with Gasteiger partial charge in [0.05, 0.1) is 0 Å². The molecule has 1 saturated carbocycles. The summed E-state index contributed by atoms with van der Waals surface area (Å²) in [6.45, 7) is 1.90. The number of ether oxygens (including phenoxy) is 4. The van der Waals surface area contributed by atoms with Crippen LogP contribution in [-0.4, -0.2) is 44.0 Å². The Labute approximate surface area is 117 Å². The molecule has 3 fully saturated rings. The molecule has 2 saturated heterocycles. The van der Waals surface area contributed by atoms with Crippen molar-refractivity contribution in [3.05, 3.63) is 0 Å². The predicted octanol–water partition coefficient (Wildman–Crippen LogP) is 1.47. The van der Waals surface area contributed by atoms with Crippen LogP contribution in [0.25, 0.3) is 0 Å². The minimum atomic E-state index is -0.783. The maximum atomic E-state index is 12.3. The quantitative estimate of drug-likeness (QED) is 0.784. The molecule has 3 rings (SSSR count). The van der Waals surface area contributed by atoms with Gasteiger partial charge in [0.1, 0.15) is 0 Å². The highest BCUT2D eigenvalue weighted by atomic mass is 32.2. The van der Waals surface area contributed by atoms with Crippen molar-refractivity contribution in [3.8, 4) is 0 Å². The number of carbonyl (C=O) groups is 1. The first-order valence-electron chi connectivity index (χ1n) is 6.54. The van der Waals surface area contributed by atoms with Crippen LogP contribution in [0.2, 0.25) is 0 Å². The van der Waals surface area contributed by atoms with E-state index in [-0.39, 0.29) is 41.4 Å². The molecule has 108 valence electrons. The Bertz CT molecular complexity index is 389. The topological polar surface area (TPSA) is 54.0 Å². The summed E-state index contributed by atoms with van der Waals surface area (Å²) in [5.74, 6) is -0.469. The third kappa shape index (κ3) is 1.81. The molecule has 2 aliphatic heterocycles. The molecule has 1 aliphatic carbocycles. The Morgan fingerprint density at radius 2 is 1.79 bits per heavy atom. The van der Waals surface area contributed by atoms with Gasteiger partial charge in [0.25, 0.3) is 0 Å². The van der Waals surface area contributed by atoms with E-state index in [1.807, 2.05) is 13.2 Å². The highest BCUT2D eigenvalue weighted by Crippen LogP contribution is 2.61. The summed E-state index contributed by atoms with van der Waals surface area (Å²) in [6.07, 6.45) is 2.03. The highest BCUT2D eigenvalue weighted by Gasteiger charge is 2.69. The fourth-order valence-corrected chi connectivity index (χ4v) is 4.73. The third-order valence-corrected chi connectivity index (χ3v) is 5.47. The molecule has 7 atom stereocenters. The zero-order chi connectivity index (χ0) is 13.8. The van der Waals surface area contributed by atoms with Gasteiger partial charge < -0.3 is 18.9 Å². The Kier molecular flexibility index (Phi) is 3.42. The van der Waals surface area contributed by atoms with Crippen molar-refractivity contribution < 1.29 is 23.7 Å². The molecule has 0 aromatic rings. The van der Waals surface area contributed by atoms with Crippen LogP contribution in [-0.2, 0) is 23.7 Å². The van der Waals surface area contributed by atoms with E-state index in [0.29, 0.717) is 0 Å². The molecular formula is C13H20O5S. The first-order valence-corrected chi connectivity index (χ1v) is 7.77. The minimum Gasteiger partial charge on any atom is -0.355 e. The van der Waals surface area contributed by atoms with Gasteiger partial charge in [-0.05, 0) is 19.6 Å². The Morgan fingerprint density at radius 3 is 2.32 bits per heavy atom. The van der Waals surface area contributed by atoms with Crippen molar-refractivity contribution in [2.45, 2.75) is 31.7 Å². The van der Waals surface area contributed by atoms with Gasteiger partial charge in [-0.2, -0.15) is 0 Å². The molecule has 19 heavy (non-hydrogen) atoms. The third-order valence-electron chi connectivity index (χ3n) is 4.80.